The Morgan fingerprint density at radius 3 is 2.31 bits per heavy atom. The predicted octanol–water partition coefficient (Wildman–Crippen LogP) is 5.00. The van der Waals surface area contributed by atoms with Crippen molar-refractivity contribution in [1.29, 1.82) is 0 Å². The quantitative estimate of drug-likeness (QED) is 0.497. The van der Waals surface area contributed by atoms with Crippen LogP contribution in [0, 0.1) is 0 Å². The molecule has 0 spiro atoms. The lowest BCUT2D eigenvalue weighted by Gasteiger charge is -2.01. The molecule has 0 bridgehead atoms. The van der Waals surface area contributed by atoms with E-state index in [2.05, 4.69) is 26.8 Å². The van der Waals surface area contributed by atoms with Crippen molar-refractivity contribution in [2.45, 2.75) is 59.3 Å². The first kappa shape index (κ1) is 13.1. The minimum Gasteiger partial charge on any atom is -0.131 e. The third kappa shape index (κ3) is 10.0. The van der Waals surface area contributed by atoms with Crippen LogP contribution in [0.1, 0.15) is 59.3 Å². The fourth-order valence-electron chi connectivity index (χ4n) is 1.20. The molecule has 0 N–H and O–H groups in total. The number of unbranched alkanes of at least 4 members (excludes halogenated alkanes) is 5. The highest BCUT2D eigenvalue weighted by atomic mass is 32.2. The van der Waals surface area contributed by atoms with Crippen LogP contribution in [-0.2, 0) is 0 Å². The molecule has 0 saturated carbocycles. The summed E-state index contributed by atoms with van der Waals surface area (Å²) in [5.41, 5.74) is 0. The summed E-state index contributed by atoms with van der Waals surface area (Å²) in [6.07, 6.45) is 10.6. The van der Waals surface area contributed by atoms with Crippen LogP contribution >= 0.6 is 11.8 Å². The number of allylic oxidation sites excluding steroid dienone is 2. The first-order chi connectivity index (χ1) is 6.31. The number of hydrogen-bond acceptors (Lipinski definition) is 1. The molecule has 0 nitrogen and oxygen atoms in total. The van der Waals surface area contributed by atoms with Gasteiger partial charge in [-0.25, -0.2) is 0 Å². The van der Waals surface area contributed by atoms with Gasteiger partial charge in [-0.2, -0.15) is 0 Å². The zero-order valence-electron chi connectivity index (χ0n) is 9.44. The van der Waals surface area contributed by atoms with Crippen molar-refractivity contribution < 1.29 is 0 Å². The molecule has 0 aromatic carbocycles. The molecule has 0 radical (unpaired) electrons. The Labute approximate surface area is 88.2 Å². The molecule has 0 aliphatic rings. The third-order valence-electron chi connectivity index (χ3n) is 2.23. The lowest BCUT2D eigenvalue weighted by molar-refractivity contribution is 0.627. The topological polar surface area (TPSA) is 0 Å². The minimum atomic E-state index is 1.31. The van der Waals surface area contributed by atoms with E-state index in [0.29, 0.717) is 0 Å². The highest BCUT2D eigenvalue weighted by molar-refractivity contribution is 8.03. The van der Waals surface area contributed by atoms with Gasteiger partial charge < -0.3 is 0 Å². The fourth-order valence-corrected chi connectivity index (χ4v) is 2.04. The number of rotatable bonds is 8. The van der Waals surface area contributed by atoms with Crippen molar-refractivity contribution in [1.82, 2.24) is 0 Å². The largest absolute Gasteiger partial charge is 0.131 e. The van der Waals surface area contributed by atoms with Crippen LogP contribution in [0.15, 0.2) is 11.0 Å². The van der Waals surface area contributed by atoms with E-state index in [4.69, 9.17) is 0 Å². The summed E-state index contributed by atoms with van der Waals surface area (Å²) in [6.45, 7) is 6.58. The molecule has 1 heteroatoms. The second-order valence-corrected chi connectivity index (χ2v) is 4.86. The van der Waals surface area contributed by atoms with Gasteiger partial charge in [0.2, 0.25) is 0 Å². The molecule has 0 saturated heterocycles. The van der Waals surface area contributed by atoms with E-state index in [0.717, 1.165) is 0 Å². The van der Waals surface area contributed by atoms with Crippen LogP contribution in [0.25, 0.3) is 0 Å². The summed E-state index contributed by atoms with van der Waals surface area (Å²) in [6, 6.07) is 0. The standard InChI is InChI=1S/C12H24S/c1-4-6-7-8-9-10-11-13-12(3)5-2/h5H,4,6-11H2,1-3H3. The first-order valence-electron chi connectivity index (χ1n) is 5.57. The lowest BCUT2D eigenvalue weighted by Crippen LogP contribution is -1.82. The Bertz CT molecular complexity index is 127. The second kappa shape index (κ2) is 10.2. The Hall–Kier alpha value is 0.0900. The van der Waals surface area contributed by atoms with Gasteiger partial charge >= 0.3 is 0 Å². The molecule has 0 rings (SSSR count). The summed E-state index contributed by atoms with van der Waals surface area (Å²) < 4.78 is 0. The zero-order valence-corrected chi connectivity index (χ0v) is 10.3. The predicted molar refractivity (Wildman–Crippen MR) is 65.3 cm³/mol. The van der Waals surface area contributed by atoms with Crippen LogP contribution in [0.2, 0.25) is 0 Å². The van der Waals surface area contributed by atoms with Crippen molar-refractivity contribution in [3.63, 3.8) is 0 Å². The molecular formula is C12H24S. The van der Waals surface area contributed by atoms with Gasteiger partial charge in [0.15, 0.2) is 0 Å². The minimum absolute atomic E-state index is 1.31. The Kier molecular flexibility index (Phi) is 10.2. The SMILES string of the molecule is CC=C(C)SCCCCCCCC. The molecule has 0 unspecified atom stereocenters. The average molecular weight is 200 g/mol. The monoisotopic (exact) mass is 200 g/mol. The molecule has 0 aromatic rings. The molecule has 0 fully saturated rings. The molecule has 0 aliphatic carbocycles. The van der Waals surface area contributed by atoms with Gasteiger partial charge in [0.1, 0.15) is 0 Å². The van der Waals surface area contributed by atoms with E-state index in [1.807, 2.05) is 11.8 Å². The zero-order chi connectivity index (χ0) is 9.94. The van der Waals surface area contributed by atoms with Gasteiger partial charge in [-0.05, 0) is 30.9 Å². The lowest BCUT2D eigenvalue weighted by atomic mass is 10.1. The van der Waals surface area contributed by atoms with Crippen molar-refractivity contribution in [3.8, 4) is 0 Å². The fraction of sp³-hybridized carbons (Fsp3) is 0.833. The van der Waals surface area contributed by atoms with Crippen LogP contribution in [0.5, 0.6) is 0 Å². The van der Waals surface area contributed by atoms with Crippen molar-refractivity contribution in [2.75, 3.05) is 5.75 Å². The van der Waals surface area contributed by atoms with Crippen LogP contribution < -0.4 is 0 Å². The van der Waals surface area contributed by atoms with Crippen LogP contribution in [0.3, 0.4) is 0 Å². The Balaban J connectivity index is 3.00. The normalized spacial score (nSPS) is 12.1. The molecule has 0 amide bonds. The molecule has 0 aromatic heterocycles. The molecule has 13 heavy (non-hydrogen) atoms. The molecule has 0 heterocycles. The average Bonchev–Trinajstić information content (AvgIpc) is 2.16. The first-order valence-corrected chi connectivity index (χ1v) is 6.55. The van der Waals surface area contributed by atoms with E-state index < -0.39 is 0 Å². The third-order valence-corrected chi connectivity index (χ3v) is 3.42. The van der Waals surface area contributed by atoms with Gasteiger partial charge in [0.25, 0.3) is 0 Å². The summed E-state index contributed by atoms with van der Waals surface area (Å²) in [5, 5.41) is 0. The summed E-state index contributed by atoms with van der Waals surface area (Å²) in [7, 11) is 0. The maximum absolute atomic E-state index is 2.27. The second-order valence-electron chi connectivity index (χ2n) is 3.52. The van der Waals surface area contributed by atoms with Gasteiger partial charge in [-0.15, -0.1) is 11.8 Å². The van der Waals surface area contributed by atoms with Crippen molar-refractivity contribution in [3.05, 3.63) is 11.0 Å². The smallest absolute Gasteiger partial charge is 0.00235 e. The van der Waals surface area contributed by atoms with Gasteiger partial charge in [-0.1, -0.05) is 45.1 Å². The van der Waals surface area contributed by atoms with Gasteiger partial charge in [-0.3, -0.25) is 0 Å². The Morgan fingerprint density at radius 2 is 1.69 bits per heavy atom. The van der Waals surface area contributed by atoms with E-state index in [1.165, 1.54) is 49.2 Å². The van der Waals surface area contributed by atoms with E-state index in [9.17, 15) is 0 Å². The maximum Gasteiger partial charge on any atom is -0.00235 e. The van der Waals surface area contributed by atoms with Crippen LogP contribution in [0.4, 0.5) is 0 Å². The highest BCUT2D eigenvalue weighted by Gasteiger charge is 1.91. The maximum atomic E-state index is 2.27. The number of hydrogen-bond donors (Lipinski definition) is 0. The summed E-state index contributed by atoms with van der Waals surface area (Å²) in [4.78, 5) is 1.47. The summed E-state index contributed by atoms with van der Waals surface area (Å²) in [5.74, 6) is 1.31. The van der Waals surface area contributed by atoms with E-state index in [-0.39, 0.29) is 0 Å². The molecule has 0 aliphatic heterocycles. The molecule has 0 atom stereocenters. The van der Waals surface area contributed by atoms with E-state index >= 15 is 0 Å². The van der Waals surface area contributed by atoms with Gasteiger partial charge in [0, 0.05) is 0 Å². The number of thioether (sulfide) groups is 1. The van der Waals surface area contributed by atoms with Crippen LogP contribution in [-0.4, -0.2) is 5.75 Å². The highest BCUT2D eigenvalue weighted by Crippen LogP contribution is 2.17. The van der Waals surface area contributed by atoms with Crippen molar-refractivity contribution in [2.24, 2.45) is 0 Å². The Morgan fingerprint density at radius 1 is 1.08 bits per heavy atom. The molecule has 78 valence electrons. The van der Waals surface area contributed by atoms with Crippen molar-refractivity contribution >= 4 is 11.8 Å². The van der Waals surface area contributed by atoms with E-state index in [1.54, 1.807) is 0 Å². The summed E-state index contributed by atoms with van der Waals surface area (Å²) >= 11 is 2.00. The van der Waals surface area contributed by atoms with Gasteiger partial charge in [0.05, 0.1) is 0 Å². The molecular weight excluding hydrogens is 176 g/mol.